The summed E-state index contributed by atoms with van der Waals surface area (Å²) in [6, 6.07) is 6.16. The Kier molecular flexibility index (Phi) is 3.61. The van der Waals surface area contributed by atoms with Gasteiger partial charge < -0.3 is 15.2 Å². The Hall–Kier alpha value is -1.27. The van der Waals surface area contributed by atoms with Crippen LogP contribution in [-0.4, -0.2) is 23.6 Å². The number of alkyl halides is 3. The number of fused-ring (bicyclic) bond motifs is 2. The molecule has 1 aromatic rings. The van der Waals surface area contributed by atoms with Crippen molar-refractivity contribution in [2.24, 2.45) is 0 Å². The van der Waals surface area contributed by atoms with E-state index in [1.165, 1.54) is 24.3 Å². The van der Waals surface area contributed by atoms with Crippen molar-refractivity contribution in [1.29, 1.82) is 0 Å². The largest absolute Gasteiger partial charge is 0.573 e. The summed E-state index contributed by atoms with van der Waals surface area (Å²) < 4.78 is 40.3. The third-order valence-electron chi connectivity index (χ3n) is 4.37. The summed E-state index contributed by atoms with van der Waals surface area (Å²) in [5.41, 5.74) is -0.298. The van der Waals surface area contributed by atoms with Gasteiger partial charge in [0, 0.05) is 12.1 Å². The van der Waals surface area contributed by atoms with Crippen molar-refractivity contribution in [3.05, 3.63) is 29.8 Å². The second kappa shape index (κ2) is 5.18. The van der Waals surface area contributed by atoms with E-state index in [2.05, 4.69) is 10.1 Å². The van der Waals surface area contributed by atoms with Gasteiger partial charge >= 0.3 is 6.36 Å². The van der Waals surface area contributed by atoms with Crippen molar-refractivity contribution in [2.75, 3.05) is 0 Å². The molecule has 2 saturated heterocycles. The lowest BCUT2D eigenvalue weighted by Gasteiger charge is -2.45. The van der Waals surface area contributed by atoms with Crippen LogP contribution in [-0.2, 0) is 5.60 Å². The molecule has 2 aliphatic rings. The van der Waals surface area contributed by atoms with Crippen LogP contribution < -0.4 is 10.1 Å². The molecule has 3 nitrogen and oxygen atoms in total. The fraction of sp³-hybridized carbons (Fsp3) is 0.600. The van der Waals surface area contributed by atoms with Gasteiger partial charge in [-0.25, -0.2) is 0 Å². The van der Waals surface area contributed by atoms with E-state index in [1.807, 2.05) is 0 Å². The van der Waals surface area contributed by atoms with Crippen molar-refractivity contribution in [3.63, 3.8) is 0 Å². The topological polar surface area (TPSA) is 41.5 Å². The van der Waals surface area contributed by atoms with Gasteiger partial charge in [-0.1, -0.05) is 18.6 Å². The highest BCUT2D eigenvalue weighted by Gasteiger charge is 2.41. The molecule has 2 unspecified atom stereocenters. The number of rotatable bonds is 2. The fourth-order valence-electron chi connectivity index (χ4n) is 3.53. The van der Waals surface area contributed by atoms with Crippen LogP contribution in [0.3, 0.4) is 0 Å². The Morgan fingerprint density at radius 2 is 1.67 bits per heavy atom. The molecule has 0 spiro atoms. The number of ether oxygens (including phenoxy) is 1. The fourth-order valence-corrected chi connectivity index (χ4v) is 3.53. The molecule has 0 saturated carbocycles. The Labute approximate surface area is 121 Å². The molecular formula is C15H18F3NO2. The van der Waals surface area contributed by atoms with Crippen molar-refractivity contribution >= 4 is 0 Å². The smallest absolute Gasteiger partial charge is 0.406 e. The van der Waals surface area contributed by atoms with Gasteiger partial charge in [-0.3, -0.25) is 0 Å². The predicted octanol–water partition coefficient (Wildman–Crippen LogP) is 3.08. The molecule has 116 valence electrons. The Morgan fingerprint density at radius 3 is 2.19 bits per heavy atom. The van der Waals surface area contributed by atoms with Gasteiger partial charge in [0.05, 0.1) is 5.60 Å². The second-order valence-corrected chi connectivity index (χ2v) is 6.00. The van der Waals surface area contributed by atoms with Crippen LogP contribution in [0.5, 0.6) is 5.75 Å². The van der Waals surface area contributed by atoms with Gasteiger partial charge in [-0.05, 0) is 43.4 Å². The van der Waals surface area contributed by atoms with Crippen LogP contribution in [0.4, 0.5) is 13.2 Å². The van der Waals surface area contributed by atoms with Crippen molar-refractivity contribution < 1.29 is 23.0 Å². The summed E-state index contributed by atoms with van der Waals surface area (Å²) in [5.74, 6) is -0.260. The van der Waals surface area contributed by atoms with Crippen molar-refractivity contribution in [3.8, 4) is 5.75 Å². The number of halogens is 3. The van der Waals surface area contributed by atoms with Crippen LogP contribution >= 0.6 is 0 Å². The summed E-state index contributed by atoms with van der Waals surface area (Å²) in [7, 11) is 0. The molecule has 2 aliphatic heterocycles. The van der Waals surface area contributed by atoms with Crippen LogP contribution in [0.2, 0.25) is 0 Å². The lowest BCUT2D eigenvalue weighted by Crippen LogP contribution is -2.54. The molecule has 3 rings (SSSR count). The third-order valence-corrected chi connectivity index (χ3v) is 4.37. The lowest BCUT2D eigenvalue weighted by atomic mass is 9.74. The summed E-state index contributed by atoms with van der Waals surface area (Å²) in [6.07, 6.45) is -0.255. The molecule has 0 radical (unpaired) electrons. The maximum Gasteiger partial charge on any atom is 0.573 e. The maximum absolute atomic E-state index is 12.1. The number of aliphatic hydroxyl groups is 1. The van der Waals surface area contributed by atoms with Gasteiger partial charge in [0.2, 0.25) is 0 Å². The highest BCUT2D eigenvalue weighted by atomic mass is 19.4. The molecule has 2 heterocycles. The van der Waals surface area contributed by atoms with E-state index in [9.17, 15) is 18.3 Å². The zero-order valence-corrected chi connectivity index (χ0v) is 11.5. The zero-order chi connectivity index (χ0) is 15.1. The van der Waals surface area contributed by atoms with Gasteiger partial charge in [-0.15, -0.1) is 13.2 Å². The average molecular weight is 301 g/mol. The first kappa shape index (κ1) is 14.7. The molecule has 2 bridgehead atoms. The van der Waals surface area contributed by atoms with Gasteiger partial charge in [0.1, 0.15) is 5.75 Å². The van der Waals surface area contributed by atoms with E-state index in [0.717, 1.165) is 19.3 Å². The molecular weight excluding hydrogens is 283 g/mol. The quantitative estimate of drug-likeness (QED) is 0.882. The SMILES string of the molecule is OC1(c2ccc(OC(F)(F)F)cc2)CC2CCCC(C1)N2. The maximum atomic E-state index is 12.1. The lowest BCUT2D eigenvalue weighted by molar-refractivity contribution is -0.274. The summed E-state index contributed by atoms with van der Waals surface area (Å²) >= 11 is 0. The number of nitrogens with one attached hydrogen (secondary N) is 1. The summed E-state index contributed by atoms with van der Waals surface area (Å²) in [4.78, 5) is 0. The Bertz CT molecular complexity index is 489. The number of hydrogen-bond donors (Lipinski definition) is 2. The molecule has 6 heteroatoms. The third kappa shape index (κ3) is 3.32. The van der Waals surface area contributed by atoms with Crippen molar-refractivity contribution in [2.45, 2.75) is 56.2 Å². The normalized spacial score (nSPS) is 32.8. The first-order chi connectivity index (χ1) is 9.84. The monoisotopic (exact) mass is 301 g/mol. The highest BCUT2D eigenvalue weighted by Crippen LogP contribution is 2.40. The van der Waals surface area contributed by atoms with E-state index in [-0.39, 0.29) is 17.8 Å². The molecule has 0 aliphatic carbocycles. The van der Waals surface area contributed by atoms with E-state index >= 15 is 0 Å². The van der Waals surface area contributed by atoms with Gasteiger partial charge in [-0.2, -0.15) is 0 Å². The first-order valence-corrected chi connectivity index (χ1v) is 7.19. The number of piperidine rings is 2. The van der Waals surface area contributed by atoms with E-state index in [1.54, 1.807) is 0 Å². The van der Waals surface area contributed by atoms with Crippen LogP contribution in [0.1, 0.15) is 37.7 Å². The van der Waals surface area contributed by atoms with Crippen LogP contribution in [0, 0.1) is 0 Å². The van der Waals surface area contributed by atoms with E-state index < -0.39 is 12.0 Å². The average Bonchev–Trinajstić information content (AvgIpc) is 2.36. The van der Waals surface area contributed by atoms with Crippen LogP contribution in [0.25, 0.3) is 0 Å². The molecule has 2 atom stereocenters. The second-order valence-electron chi connectivity index (χ2n) is 6.00. The molecule has 1 aromatic carbocycles. The van der Waals surface area contributed by atoms with Crippen molar-refractivity contribution in [1.82, 2.24) is 5.32 Å². The minimum atomic E-state index is -4.69. The minimum absolute atomic E-state index is 0.260. The van der Waals surface area contributed by atoms with E-state index in [4.69, 9.17) is 0 Å². The molecule has 2 N–H and O–H groups in total. The van der Waals surface area contributed by atoms with E-state index in [0.29, 0.717) is 18.4 Å². The first-order valence-electron chi connectivity index (χ1n) is 7.19. The van der Waals surface area contributed by atoms with Gasteiger partial charge in [0.25, 0.3) is 0 Å². The van der Waals surface area contributed by atoms with Crippen LogP contribution in [0.15, 0.2) is 24.3 Å². The summed E-state index contributed by atoms with van der Waals surface area (Å²) in [5, 5.41) is 14.4. The molecule has 0 amide bonds. The minimum Gasteiger partial charge on any atom is -0.406 e. The molecule has 2 fully saturated rings. The molecule has 21 heavy (non-hydrogen) atoms. The molecule has 0 aromatic heterocycles. The Balaban J connectivity index is 1.77. The standard InChI is InChI=1S/C15H18F3NO2/c16-15(17,18)21-13-6-4-10(5-7-13)14(20)8-11-2-1-3-12(9-14)19-11/h4-7,11-12,19-20H,1-3,8-9H2. The highest BCUT2D eigenvalue weighted by molar-refractivity contribution is 5.32. The number of hydrogen-bond acceptors (Lipinski definition) is 3. The zero-order valence-electron chi connectivity index (χ0n) is 11.5. The number of benzene rings is 1. The summed E-state index contributed by atoms with van der Waals surface area (Å²) in [6.45, 7) is 0. The predicted molar refractivity (Wildman–Crippen MR) is 70.8 cm³/mol. The van der Waals surface area contributed by atoms with Gasteiger partial charge in [0.15, 0.2) is 0 Å². The Morgan fingerprint density at radius 1 is 1.10 bits per heavy atom.